The molecular weight excluding hydrogens is 1020 g/mol. The average Bonchev–Trinajstić information content (AvgIpc) is 4.23. The quantitative estimate of drug-likeness (QED) is 0.127. The van der Waals surface area contributed by atoms with E-state index in [1.165, 1.54) is 43.1 Å². The van der Waals surface area contributed by atoms with Gasteiger partial charge < -0.3 is 43.2 Å². The molecule has 4 heterocycles. The number of aliphatic hydroxyl groups is 1. The third kappa shape index (κ3) is 10.1. The van der Waals surface area contributed by atoms with Crippen molar-refractivity contribution in [3.63, 3.8) is 0 Å². The normalized spacial score (nSPS) is 24.3. The summed E-state index contributed by atoms with van der Waals surface area (Å²) in [6, 6.07) is 25.0. The number of ether oxygens (including phenoxy) is 6. The second kappa shape index (κ2) is 22.1. The zero-order valence-electron chi connectivity index (χ0n) is 42.2. The zero-order valence-corrected chi connectivity index (χ0v) is 45.3. The summed E-state index contributed by atoms with van der Waals surface area (Å²) in [6.07, 6.45) is 12.6. The number of methoxy groups -OCH3 is 3. The summed E-state index contributed by atoms with van der Waals surface area (Å²) in [5.74, 6) is 5.72. The number of carbonyl (C=O) groups is 1. The van der Waals surface area contributed by atoms with Gasteiger partial charge in [-0.05, 0) is 152 Å². The number of halogens is 3. The van der Waals surface area contributed by atoms with Gasteiger partial charge in [0, 0.05) is 62.7 Å². The van der Waals surface area contributed by atoms with Crippen molar-refractivity contribution in [1.82, 2.24) is 14.5 Å². The lowest BCUT2D eigenvalue weighted by Gasteiger charge is -2.50. The number of phenols is 1. The number of thioether (sulfide) groups is 1. The number of esters is 1. The lowest BCUT2D eigenvalue weighted by molar-refractivity contribution is -0.0226. The molecule has 12 rings (SSSR count). The molecule has 6 aromatic rings. The molecule has 12 nitrogen and oxygen atoms in total. The third-order valence-electron chi connectivity index (χ3n) is 16.3. The van der Waals surface area contributed by atoms with Crippen LogP contribution in [0.3, 0.4) is 0 Å². The van der Waals surface area contributed by atoms with E-state index in [1.54, 1.807) is 32.5 Å². The number of hydrogen-bond acceptors (Lipinski definition) is 12. The molecule has 0 radical (unpaired) electrons. The van der Waals surface area contributed by atoms with Crippen LogP contribution in [-0.2, 0) is 29.9 Å². The van der Waals surface area contributed by atoms with Gasteiger partial charge in [0.15, 0.2) is 23.0 Å². The van der Waals surface area contributed by atoms with Gasteiger partial charge in [0.1, 0.15) is 17.4 Å². The van der Waals surface area contributed by atoms with E-state index in [4.69, 9.17) is 63.2 Å². The fourth-order valence-electron chi connectivity index (χ4n) is 12.6. The SMILES string of the molecule is COc1ccc2c(c1OC)C(=O)O[C@@H]2[C@H]1c2c(cc3c(c2OC)OCO3)CCN1C.C[C@]12CC[C@@H]3c4ccc(O)cc4CC[C@H]3[C@@H]1CC[C@@H]2O.Clc1ccc(CSC(Cn2ccnc2)c2ccc(Cl)cc2Cl)cc1. The molecule has 0 spiro atoms. The number of aryl methyl sites for hydroxylation is 1. The molecule has 5 aromatic carbocycles. The van der Waals surface area contributed by atoms with Crippen LogP contribution in [0.5, 0.6) is 34.5 Å². The Hall–Kier alpha value is -5.28. The fourth-order valence-corrected chi connectivity index (χ4v) is 14.6. The first-order valence-electron chi connectivity index (χ1n) is 25.2. The van der Waals surface area contributed by atoms with Gasteiger partial charge in [-0.3, -0.25) is 4.90 Å². The number of aromatic hydroxyl groups is 1. The van der Waals surface area contributed by atoms with E-state index in [0.29, 0.717) is 61.9 Å². The highest BCUT2D eigenvalue weighted by molar-refractivity contribution is 7.98. The van der Waals surface area contributed by atoms with E-state index in [2.05, 4.69) is 27.4 Å². The smallest absolute Gasteiger partial charge is 0.343 e. The van der Waals surface area contributed by atoms with Gasteiger partial charge in [0.05, 0.1) is 39.8 Å². The number of hydrogen-bond donors (Lipinski definition) is 2. The van der Waals surface area contributed by atoms with Gasteiger partial charge in [-0.25, -0.2) is 9.78 Å². The molecule has 2 N–H and O–H groups in total. The summed E-state index contributed by atoms with van der Waals surface area (Å²) in [5.41, 5.74) is 8.52. The number of rotatable bonds is 10. The maximum absolute atomic E-state index is 12.9. The van der Waals surface area contributed by atoms with Crippen molar-refractivity contribution in [2.24, 2.45) is 17.3 Å². The molecule has 0 bridgehead atoms. The molecular formula is C58H62Cl3N3O9S. The number of aliphatic hydroxyl groups excluding tert-OH is 1. The number of nitrogens with zero attached hydrogens (tertiary/aromatic N) is 3. The zero-order chi connectivity index (χ0) is 51.8. The Labute approximate surface area is 452 Å². The number of likely N-dealkylation sites (N-methyl/N-ethyl adjacent to an activating group) is 1. The minimum atomic E-state index is -0.523. The number of fused-ring (bicyclic) bond motifs is 8. The van der Waals surface area contributed by atoms with E-state index in [-0.39, 0.29) is 29.6 Å². The lowest BCUT2D eigenvalue weighted by Crippen LogP contribution is -2.43. The largest absolute Gasteiger partial charge is 0.508 e. The van der Waals surface area contributed by atoms with Gasteiger partial charge in [-0.2, -0.15) is 0 Å². The first-order valence-corrected chi connectivity index (χ1v) is 27.4. The first kappa shape index (κ1) is 52.2. The molecule has 0 saturated heterocycles. The number of imidazole rings is 1. The minimum Gasteiger partial charge on any atom is -0.508 e. The molecule has 1 aromatic heterocycles. The lowest BCUT2D eigenvalue weighted by atomic mass is 9.55. The van der Waals surface area contributed by atoms with Crippen molar-refractivity contribution < 1.29 is 43.4 Å². The van der Waals surface area contributed by atoms with Crippen LogP contribution in [-0.4, -0.2) is 78.5 Å². The van der Waals surface area contributed by atoms with E-state index in [0.717, 1.165) is 77.7 Å². The van der Waals surface area contributed by atoms with Crippen molar-refractivity contribution in [2.45, 2.75) is 93.6 Å². The Kier molecular flexibility index (Phi) is 15.6. The molecule has 6 aliphatic rings. The molecule has 390 valence electrons. The maximum atomic E-state index is 12.9. The first-order chi connectivity index (χ1) is 35.8. The van der Waals surface area contributed by atoms with Crippen molar-refractivity contribution in [1.29, 1.82) is 0 Å². The molecule has 16 heteroatoms. The Morgan fingerprint density at radius 1 is 0.865 bits per heavy atom. The van der Waals surface area contributed by atoms with E-state index in [1.807, 2.05) is 92.0 Å². The minimum absolute atomic E-state index is 0.0883. The van der Waals surface area contributed by atoms with Crippen molar-refractivity contribution in [3.05, 3.63) is 157 Å². The summed E-state index contributed by atoms with van der Waals surface area (Å²) in [5, 5.41) is 22.3. The van der Waals surface area contributed by atoms with Gasteiger partial charge in [-0.1, -0.05) is 72.1 Å². The number of cyclic esters (lactones) is 1. The van der Waals surface area contributed by atoms with Gasteiger partial charge in [0.2, 0.25) is 12.5 Å². The summed E-state index contributed by atoms with van der Waals surface area (Å²) in [7, 11) is 6.70. The molecule has 3 aliphatic carbocycles. The van der Waals surface area contributed by atoms with Crippen LogP contribution in [0.1, 0.15) is 112 Å². The number of aromatic nitrogens is 2. The monoisotopic (exact) mass is 1080 g/mol. The molecule has 8 atom stereocenters. The average molecular weight is 1080 g/mol. The Morgan fingerprint density at radius 2 is 1.65 bits per heavy atom. The van der Waals surface area contributed by atoms with Gasteiger partial charge in [0.25, 0.3) is 0 Å². The highest BCUT2D eigenvalue weighted by atomic mass is 35.5. The second-order valence-electron chi connectivity index (χ2n) is 20.3. The fraction of sp³-hybridized carbons (Fsp3) is 0.414. The van der Waals surface area contributed by atoms with Crippen LogP contribution in [0.4, 0.5) is 0 Å². The van der Waals surface area contributed by atoms with Crippen LogP contribution in [0.2, 0.25) is 15.1 Å². The topological polar surface area (TPSA) is 134 Å². The standard InChI is InChI=1S/C22H23NO7.C18H15Cl3N2S.C18H24O2/c1-23-8-7-11-9-14-20(29-10-28-14)21(27-4)15(11)17(23)18-12-5-6-13(25-2)19(26-3)16(12)22(24)30-18;19-14-3-1-13(2-4-14)11-24-18(10-23-8-7-22-12-23)16-6-5-15(20)9-17(16)21;1-18-9-8-14-13-5-3-12(19)10-11(13)2-4-15(14)16(18)6-7-17(18)20/h5-6,9,17-18H,7-8,10H2,1-4H3;1-9,12,18H,10-11H2;3,5,10,14-17,19-20H,2,4,6-9H2,1H3/t17-,18+;;14-,15-,16+,17+,18+/m1.1/s1. The number of carbonyl (C=O) groups excluding carboxylic acids is 1. The van der Waals surface area contributed by atoms with E-state index >= 15 is 0 Å². The Morgan fingerprint density at radius 3 is 2.39 bits per heavy atom. The number of benzene rings is 5. The highest BCUT2D eigenvalue weighted by Gasteiger charge is 2.54. The molecule has 0 amide bonds. The van der Waals surface area contributed by atoms with Crippen LogP contribution >= 0.6 is 46.6 Å². The molecule has 2 fully saturated rings. The molecule has 2 saturated carbocycles. The van der Waals surface area contributed by atoms with Crippen molar-refractivity contribution >= 4 is 52.5 Å². The van der Waals surface area contributed by atoms with E-state index < -0.39 is 12.1 Å². The predicted octanol–water partition coefficient (Wildman–Crippen LogP) is 13.0. The molecule has 1 unspecified atom stereocenters. The van der Waals surface area contributed by atoms with Crippen molar-refractivity contribution in [2.75, 3.05) is 41.7 Å². The third-order valence-corrected chi connectivity index (χ3v) is 18.5. The van der Waals surface area contributed by atoms with Crippen LogP contribution in [0, 0.1) is 17.3 Å². The maximum Gasteiger partial charge on any atom is 0.343 e. The summed E-state index contributed by atoms with van der Waals surface area (Å²) in [6.45, 7) is 4.07. The summed E-state index contributed by atoms with van der Waals surface area (Å²) >= 11 is 20.2. The Bertz CT molecular complexity index is 3000. The highest BCUT2D eigenvalue weighted by Crippen LogP contribution is 2.61. The van der Waals surface area contributed by atoms with Gasteiger partial charge in [-0.15, -0.1) is 11.8 Å². The van der Waals surface area contributed by atoms with Crippen LogP contribution < -0.4 is 23.7 Å². The van der Waals surface area contributed by atoms with Crippen molar-refractivity contribution in [3.8, 4) is 34.5 Å². The second-order valence-corrected chi connectivity index (χ2v) is 22.7. The Balaban J connectivity index is 0.000000130. The van der Waals surface area contributed by atoms with Crippen LogP contribution in [0.15, 0.2) is 97.6 Å². The summed E-state index contributed by atoms with van der Waals surface area (Å²) < 4.78 is 35.9. The predicted molar refractivity (Wildman–Crippen MR) is 289 cm³/mol. The van der Waals surface area contributed by atoms with E-state index in [9.17, 15) is 15.0 Å². The molecule has 74 heavy (non-hydrogen) atoms. The summed E-state index contributed by atoms with van der Waals surface area (Å²) in [4.78, 5) is 19.2. The van der Waals surface area contributed by atoms with Crippen LogP contribution in [0.25, 0.3) is 0 Å². The van der Waals surface area contributed by atoms with Gasteiger partial charge >= 0.3 is 5.97 Å². The molecule has 3 aliphatic heterocycles. The number of phenolic OH excluding ortho intramolecular Hbond substituents is 1.